The molecule has 4 rings (SSSR count). The van der Waals surface area contributed by atoms with Gasteiger partial charge in [0, 0.05) is 25.2 Å². The predicted octanol–water partition coefficient (Wildman–Crippen LogP) is 3.50. The molecule has 2 aromatic rings. The van der Waals surface area contributed by atoms with Gasteiger partial charge < -0.3 is 14.7 Å². The standard InChI is InChI=1S/C25H37N5O2/c1-19-7-3-9-21(15-19)24-27-23(32-28-24)18-30-13-5-10-22(17-30)25(31)26-11-6-14-29-12-4-8-20(2)16-29/h3,7,9,15,20,22H,4-6,8,10-14,16-18H2,1-2H3,(H,26,31). The van der Waals surface area contributed by atoms with Gasteiger partial charge in [-0.05, 0) is 70.6 Å². The number of hydrogen-bond acceptors (Lipinski definition) is 6. The highest BCUT2D eigenvalue weighted by molar-refractivity contribution is 5.78. The van der Waals surface area contributed by atoms with Crippen molar-refractivity contribution in [1.82, 2.24) is 25.3 Å². The molecule has 1 aromatic heterocycles. The number of likely N-dealkylation sites (tertiary alicyclic amines) is 2. The summed E-state index contributed by atoms with van der Waals surface area (Å²) in [6.07, 6.45) is 5.64. The third-order valence-electron chi connectivity index (χ3n) is 6.67. The van der Waals surface area contributed by atoms with Gasteiger partial charge in [0.05, 0.1) is 12.5 Å². The van der Waals surface area contributed by atoms with E-state index in [4.69, 9.17) is 4.52 Å². The molecule has 7 nitrogen and oxygen atoms in total. The number of carbonyl (C=O) groups excluding carboxylic acids is 1. The minimum absolute atomic E-state index is 0.0397. The molecule has 1 amide bonds. The van der Waals surface area contributed by atoms with Crippen molar-refractivity contribution in [2.24, 2.45) is 11.8 Å². The second-order valence-electron chi connectivity index (χ2n) is 9.65. The van der Waals surface area contributed by atoms with Gasteiger partial charge in [0.1, 0.15) is 0 Å². The van der Waals surface area contributed by atoms with Crippen LogP contribution in [0.2, 0.25) is 0 Å². The number of piperidine rings is 2. The molecule has 0 saturated carbocycles. The lowest BCUT2D eigenvalue weighted by Gasteiger charge is -2.31. The van der Waals surface area contributed by atoms with Gasteiger partial charge in [-0.1, -0.05) is 35.8 Å². The molecule has 2 aliphatic rings. The number of carbonyl (C=O) groups is 1. The maximum Gasteiger partial charge on any atom is 0.241 e. The monoisotopic (exact) mass is 439 g/mol. The summed E-state index contributed by atoms with van der Waals surface area (Å²) in [6, 6.07) is 8.11. The number of hydrogen-bond donors (Lipinski definition) is 1. The molecule has 2 aliphatic heterocycles. The minimum Gasteiger partial charge on any atom is -0.356 e. The van der Waals surface area contributed by atoms with E-state index in [9.17, 15) is 4.79 Å². The van der Waals surface area contributed by atoms with Crippen molar-refractivity contribution >= 4 is 5.91 Å². The number of benzene rings is 1. The molecule has 2 unspecified atom stereocenters. The van der Waals surface area contributed by atoms with Crippen LogP contribution in [0.1, 0.15) is 50.5 Å². The van der Waals surface area contributed by atoms with E-state index in [0.29, 0.717) is 18.3 Å². The topological polar surface area (TPSA) is 74.5 Å². The van der Waals surface area contributed by atoms with Crippen molar-refractivity contribution < 1.29 is 9.32 Å². The first kappa shape index (κ1) is 22.9. The second kappa shape index (κ2) is 11.1. The van der Waals surface area contributed by atoms with Gasteiger partial charge in [-0.3, -0.25) is 9.69 Å². The third-order valence-corrected chi connectivity index (χ3v) is 6.67. The van der Waals surface area contributed by atoms with E-state index >= 15 is 0 Å². The van der Waals surface area contributed by atoms with Crippen molar-refractivity contribution in [2.75, 3.05) is 39.3 Å². The Morgan fingerprint density at radius 3 is 2.88 bits per heavy atom. The van der Waals surface area contributed by atoms with E-state index < -0.39 is 0 Å². The molecule has 174 valence electrons. The number of amides is 1. The van der Waals surface area contributed by atoms with Crippen molar-refractivity contribution in [2.45, 2.75) is 52.5 Å². The van der Waals surface area contributed by atoms with Crippen LogP contribution in [0.5, 0.6) is 0 Å². The molecule has 1 N–H and O–H groups in total. The lowest BCUT2D eigenvalue weighted by atomic mass is 9.97. The Hall–Kier alpha value is -2.25. The maximum absolute atomic E-state index is 12.7. The molecule has 2 atom stereocenters. The van der Waals surface area contributed by atoms with E-state index in [-0.39, 0.29) is 11.8 Å². The Balaban J connectivity index is 1.21. The molecule has 32 heavy (non-hydrogen) atoms. The molecule has 0 spiro atoms. The summed E-state index contributed by atoms with van der Waals surface area (Å²) >= 11 is 0. The van der Waals surface area contributed by atoms with Gasteiger partial charge in [0.25, 0.3) is 0 Å². The van der Waals surface area contributed by atoms with Gasteiger partial charge in [-0.25, -0.2) is 0 Å². The molecular weight excluding hydrogens is 402 g/mol. The molecule has 0 radical (unpaired) electrons. The molecule has 3 heterocycles. The van der Waals surface area contributed by atoms with E-state index in [0.717, 1.165) is 56.9 Å². The first-order chi connectivity index (χ1) is 15.6. The van der Waals surface area contributed by atoms with Crippen molar-refractivity contribution in [3.05, 3.63) is 35.7 Å². The van der Waals surface area contributed by atoms with E-state index in [1.807, 2.05) is 12.1 Å². The number of nitrogens with zero attached hydrogens (tertiary/aromatic N) is 4. The molecule has 1 aromatic carbocycles. The average molecular weight is 440 g/mol. The van der Waals surface area contributed by atoms with Crippen LogP contribution in [0.4, 0.5) is 0 Å². The molecule has 7 heteroatoms. The smallest absolute Gasteiger partial charge is 0.241 e. The molecule has 2 fully saturated rings. The van der Waals surface area contributed by atoms with Gasteiger partial charge in [0.15, 0.2) is 0 Å². The summed E-state index contributed by atoms with van der Waals surface area (Å²) < 4.78 is 5.49. The Bertz CT molecular complexity index is 883. The van der Waals surface area contributed by atoms with E-state index in [1.165, 1.54) is 31.5 Å². The summed E-state index contributed by atoms with van der Waals surface area (Å²) in [5.41, 5.74) is 2.14. The van der Waals surface area contributed by atoms with Crippen LogP contribution < -0.4 is 5.32 Å². The van der Waals surface area contributed by atoms with Crippen molar-refractivity contribution in [1.29, 1.82) is 0 Å². The largest absolute Gasteiger partial charge is 0.356 e. The van der Waals surface area contributed by atoms with Crippen LogP contribution >= 0.6 is 0 Å². The zero-order valence-corrected chi connectivity index (χ0v) is 19.6. The van der Waals surface area contributed by atoms with Gasteiger partial charge >= 0.3 is 0 Å². The normalized spacial score (nSPS) is 22.7. The highest BCUT2D eigenvalue weighted by Crippen LogP contribution is 2.21. The Kier molecular flexibility index (Phi) is 7.92. The summed E-state index contributed by atoms with van der Waals surface area (Å²) in [7, 11) is 0. The predicted molar refractivity (Wildman–Crippen MR) is 125 cm³/mol. The first-order valence-electron chi connectivity index (χ1n) is 12.2. The van der Waals surface area contributed by atoms with E-state index in [1.54, 1.807) is 0 Å². The van der Waals surface area contributed by atoms with Crippen LogP contribution in [-0.2, 0) is 11.3 Å². The second-order valence-corrected chi connectivity index (χ2v) is 9.65. The van der Waals surface area contributed by atoms with Crippen LogP contribution in [0.25, 0.3) is 11.4 Å². The zero-order valence-electron chi connectivity index (χ0n) is 19.6. The lowest BCUT2D eigenvalue weighted by Crippen LogP contribution is -2.43. The first-order valence-corrected chi connectivity index (χ1v) is 12.2. The minimum atomic E-state index is 0.0397. The molecule has 0 bridgehead atoms. The molecule has 0 aliphatic carbocycles. The van der Waals surface area contributed by atoms with Gasteiger partial charge in [-0.15, -0.1) is 0 Å². The SMILES string of the molecule is Cc1cccc(-c2noc(CN3CCCC(C(=O)NCCCN4CCCC(C)C4)C3)n2)c1. The Labute approximate surface area is 191 Å². The number of nitrogens with one attached hydrogen (secondary N) is 1. The lowest BCUT2D eigenvalue weighted by molar-refractivity contribution is -0.126. The Morgan fingerprint density at radius 2 is 2.03 bits per heavy atom. The highest BCUT2D eigenvalue weighted by atomic mass is 16.5. The fourth-order valence-electron chi connectivity index (χ4n) is 4.97. The molecule has 2 saturated heterocycles. The summed E-state index contributed by atoms with van der Waals surface area (Å²) in [6.45, 7) is 10.9. The summed E-state index contributed by atoms with van der Waals surface area (Å²) in [5, 5.41) is 7.32. The highest BCUT2D eigenvalue weighted by Gasteiger charge is 2.27. The van der Waals surface area contributed by atoms with Crippen molar-refractivity contribution in [3.8, 4) is 11.4 Å². The van der Waals surface area contributed by atoms with E-state index in [2.05, 4.69) is 51.2 Å². The fourth-order valence-corrected chi connectivity index (χ4v) is 4.97. The van der Waals surface area contributed by atoms with Crippen LogP contribution in [0.15, 0.2) is 28.8 Å². The molecular formula is C25H37N5O2. The Morgan fingerprint density at radius 1 is 1.19 bits per heavy atom. The van der Waals surface area contributed by atoms with Gasteiger partial charge in [-0.2, -0.15) is 4.98 Å². The number of rotatable bonds is 8. The van der Waals surface area contributed by atoms with Gasteiger partial charge in [0.2, 0.25) is 17.6 Å². The third kappa shape index (κ3) is 6.39. The maximum atomic E-state index is 12.7. The number of aromatic nitrogens is 2. The summed E-state index contributed by atoms with van der Waals surface area (Å²) in [4.78, 5) is 22.1. The van der Waals surface area contributed by atoms with Crippen molar-refractivity contribution in [3.63, 3.8) is 0 Å². The fraction of sp³-hybridized carbons (Fsp3) is 0.640. The van der Waals surface area contributed by atoms with Crippen LogP contribution in [0, 0.1) is 18.8 Å². The quantitative estimate of drug-likeness (QED) is 0.635. The summed E-state index contributed by atoms with van der Waals surface area (Å²) in [5.74, 6) is 2.26. The number of aryl methyl sites for hydroxylation is 1. The zero-order chi connectivity index (χ0) is 22.3. The van der Waals surface area contributed by atoms with Crippen LogP contribution in [-0.4, -0.2) is 65.1 Å². The average Bonchev–Trinajstić information content (AvgIpc) is 3.25. The van der Waals surface area contributed by atoms with Crippen LogP contribution in [0.3, 0.4) is 0 Å².